The molecular weight excluding hydrogens is 270 g/mol. The molecule has 1 atom stereocenters. The number of carbonyl (C=O) groups excluding carboxylic acids is 1. The Morgan fingerprint density at radius 3 is 2.29 bits per heavy atom. The van der Waals surface area contributed by atoms with E-state index in [1.165, 1.54) is 39.3 Å². The molecule has 6 nitrogen and oxygen atoms in total. The summed E-state index contributed by atoms with van der Waals surface area (Å²) >= 11 is 0. The minimum Gasteiger partial charge on any atom is -0.480 e. The second kappa shape index (κ2) is 7.75. The molecule has 0 aromatic carbocycles. The fourth-order valence-corrected chi connectivity index (χ4v) is 3.44. The Balaban J connectivity index is 1.77. The Kier molecular flexibility index (Phi) is 5.99. The molecule has 0 aromatic heterocycles. The molecule has 6 heteroatoms. The summed E-state index contributed by atoms with van der Waals surface area (Å²) in [6.07, 6.45) is 6.18. The monoisotopic (exact) mass is 297 g/mol. The first-order valence-electron chi connectivity index (χ1n) is 8.02. The van der Waals surface area contributed by atoms with Crippen molar-refractivity contribution in [2.75, 3.05) is 32.7 Å². The lowest BCUT2D eigenvalue weighted by Crippen LogP contribution is -2.52. The van der Waals surface area contributed by atoms with Crippen molar-refractivity contribution >= 4 is 11.9 Å². The Bertz CT molecular complexity index is 361. The Morgan fingerprint density at radius 1 is 1.14 bits per heavy atom. The molecule has 0 bridgehead atoms. The average Bonchev–Trinajstić information content (AvgIpc) is 2.48. The molecule has 2 N–H and O–H groups in total. The molecule has 120 valence electrons. The van der Waals surface area contributed by atoms with Gasteiger partial charge in [-0.25, -0.2) is 4.79 Å². The van der Waals surface area contributed by atoms with Crippen molar-refractivity contribution in [1.82, 2.24) is 15.1 Å². The van der Waals surface area contributed by atoms with Gasteiger partial charge in [0.15, 0.2) is 0 Å². The van der Waals surface area contributed by atoms with Crippen LogP contribution in [0.3, 0.4) is 0 Å². The van der Waals surface area contributed by atoms with Crippen molar-refractivity contribution < 1.29 is 14.7 Å². The van der Waals surface area contributed by atoms with E-state index in [9.17, 15) is 9.59 Å². The summed E-state index contributed by atoms with van der Waals surface area (Å²) in [5.41, 5.74) is 0. The van der Waals surface area contributed by atoms with Gasteiger partial charge in [-0.15, -0.1) is 0 Å². The van der Waals surface area contributed by atoms with Crippen molar-refractivity contribution in [3.63, 3.8) is 0 Å². The highest BCUT2D eigenvalue weighted by molar-refractivity contribution is 5.82. The molecule has 0 radical (unpaired) electrons. The number of piperidine rings is 2. The lowest BCUT2D eigenvalue weighted by Gasteiger charge is -2.40. The standard InChI is InChI=1S/C15H27N3O3/c1-12(19)16-14(15(20)21)11-17-9-5-13(6-10-17)18-7-3-2-4-8-18/h13-14H,2-11H2,1H3,(H,16,19)(H,20,21). The van der Waals surface area contributed by atoms with Gasteiger partial charge in [-0.1, -0.05) is 6.42 Å². The smallest absolute Gasteiger partial charge is 0.327 e. The Labute approximate surface area is 126 Å². The molecule has 0 saturated carbocycles. The number of hydrogen-bond donors (Lipinski definition) is 2. The maximum atomic E-state index is 11.2. The molecule has 1 amide bonds. The molecule has 1 unspecified atom stereocenters. The highest BCUT2D eigenvalue weighted by Crippen LogP contribution is 2.20. The largest absolute Gasteiger partial charge is 0.480 e. The van der Waals surface area contributed by atoms with Crippen molar-refractivity contribution in [1.29, 1.82) is 0 Å². The molecule has 0 spiro atoms. The van der Waals surface area contributed by atoms with Gasteiger partial charge < -0.3 is 20.2 Å². The van der Waals surface area contributed by atoms with E-state index in [4.69, 9.17) is 5.11 Å². The Morgan fingerprint density at radius 2 is 1.76 bits per heavy atom. The molecular formula is C15H27N3O3. The van der Waals surface area contributed by atoms with E-state index in [0.717, 1.165) is 25.9 Å². The third-order valence-electron chi connectivity index (χ3n) is 4.58. The number of likely N-dealkylation sites (tertiary alicyclic amines) is 2. The molecule has 0 aliphatic carbocycles. The summed E-state index contributed by atoms with van der Waals surface area (Å²) in [4.78, 5) is 27.0. The van der Waals surface area contributed by atoms with Crippen LogP contribution in [-0.4, -0.2) is 71.6 Å². The van der Waals surface area contributed by atoms with Crippen LogP contribution < -0.4 is 5.32 Å². The van der Waals surface area contributed by atoms with Crippen molar-refractivity contribution in [3.8, 4) is 0 Å². The van der Waals surface area contributed by atoms with E-state index in [2.05, 4.69) is 15.1 Å². The van der Waals surface area contributed by atoms with Gasteiger partial charge in [0, 0.05) is 19.5 Å². The minimum atomic E-state index is -0.955. The maximum Gasteiger partial charge on any atom is 0.327 e. The van der Waals surface area contributed by atoms with Gasteiger partial charge in [0.2, 0.25) is 5.91 Å². The zero-order chi connectivity index (χ0) is 15.2. The summed E-state index contributed by atoms with van der Waals surface area (Å²) in [7, 11) is 0. The van der Waals surface area contributed by atoms with E-state index in [0.29, 0.717) is 12.6 Å². The van der Waals surface area contributed by atoms with Gasteiger partial charge in [0.05, 0.1) is 0 Å². The SMILES string of the molecule is CC(=O)NC(CN1CCC(N2CCCCC2)CC1)C(=O)O. The summed E-state index contributed by atoms with van der Waals surface area (Å²) in [5, 5.41) is 11.7. The molecule has 2 fully saturated rings. The second-order valence-corrected chi connectivity index (χ2v) is 6.22. The van der Waals surface area contributed by atoms with Crippen LogP contribution in [0.5, 0.6) is 0 Å². The van der Waals surface area contributed by atoms with Crippen molar-refractivity contribution in [2.24, 2.45) is 0 Å². The second-order valence-electron chi connectivity index (χ2n) is 6.22. The predicted octanol–water partition coefficient (Wildman–Crippen LogP) is 0.526. The van der Waals surface area contributed by atoms with Gasteiger partial charge in [-0.3, -0.25) is 4.79 Å². The molecule has 2 heterocycles. The lowest BCUT2D eigenvalue weighted by atomic mass is 9.99. The van der Waals surface area contributed by atoms with Crippen LogP contribution in [0.1, 0.15) is 39.0 Å². The van der Waals surface area contributed by atoms with Gasteiger partial charge in [-0.05, 0) is 51.9 Å². The number of nitrogens with one attached hydrogen (secondary N) is 1. The fourth-order valence-electron chi connectivity index (χ4n) is 3.44. The Hall–Kier alpha value is -1.14. The topological polar surface area (TPSA) is 72.9 Å². The molecule has 2 aliphatic heterocycles. The number of carbonyl (C=O) groups is 2. The lowest BCUT2D eigenvalue weighted by molar-refractivity contribution is -0.142. The number of rotatable bonds is 5. The number of nitrogens with zero attached hydrogens (tertiary/aromatic N) is 2. The van der Waals surface area contributed by atoms with Crippen LogP contribution in [0.15, 0.2) is 0 Å². The number of amides is 1. The van der Waals surface area contributed by atoms with E-state index in [1.807, 2.05) is 0 Å². The molecule has 2 aliphatic rings. The quantitative estimate of drug-likeness (QED) is 0.774. The highest BCUT2D eigenvalue weighted by Gasteiger charge is 2.28. The van der Waals surface area contributed by atoms with Gasteiger partial charge in [0.1, 0.15) is 6.04 Å². The number of aliphatic carboxylic acids is 1. The molecule has 2 rings (SSSR count). The average molecular weight is 297 g/mol. The zero-order valence-corrected chi connectivity index (χ0v) is 12.9. The molecule has 21 heavy (non-hydrogen) atoms. The van der Waals surface area contributed by atoms with Crippen LogP contribution in [0.2, 0.25) is 0 Å². The van der Waals surface area contributed by atoms with Crippen LogP contribution in [0.25, 0.3) is 0 Å². The van der Waals surface area contributed by atoms with Gasteiger partial charge >= 0.3 is 5.97 Å². The number of hydrogen-bond acceptors (Lipinski definition) is 4. The minimum absolute atomic E-state index is 0.286. The summed E-state index contributed by atoms with van der Waals surface area (Å²) < 4.78 is 0. The number of carboxylic acid groups (broad SMARTS) is 1. The van der Waals surface area contributed by atoms with Crippen molar-refractivity contribution in [2.45, 2.75) is 51.1 Å². The molecule has 2 saturated heterocycles. The van der Waals surface area contributed by atoms with Crippen molar-refractivity contribution in [3.05, 3.63) is 0 Å². The maximum absolute atomic E-state index is 11.2. The van der Waals surface area contributed by atoms with Crippen LogP contribution in [0, 0.1) is 0 Å². The van der Waals surface area contributed by atoms with Gasteiger partial charge in [0.25, 0.3) is 0 Å². The first-order chi connectivity index (χ1) is 10.1. The van der Waals surface area contributed by atoms with Crippen LogP contribution in [-0.2, 0) is 9.59 Å². The number of carboxylic acids is 1. The van der Waals surface area contributed by atoms with E-state index in [-0.39, 0.29) is 5.91 Å². The zero-order valence-electron chi connectivity index (χ0n) is 12.9. The summed E-state index contributed by atoms with van der Waals surface area (Å²) in [6.45, 7) is 6.04. The van der Waals surface area contributed by atoms with Crippen LogP contribution >= 0.6 is 0 Å². The molecule has 0 aromatic rings. The van der Waals surface area contributed by atoms with E-state index >= 15 is 0 Å². The predicted molar refractivity (Wildman–Crippen MR) is 80.1 cm³/mol. The first-order valence-corrected chi connectivity index (χ1v) is 8.02. The third-order valence-corrected chi connectivity index (χ3v) is 4.58. The van der Waals surface area contributed by atoms with E-state index in [1.54, 1.807) is 0 Å². The normalized spacial score (nSPS) is 23.7. The van der Waals surface area contributed by atoms with Gasteiger partial charge in [-0.2, -0.15) is 0 Å². The van der Waals surface area contributed by atoms with E-state index < -0.39 is 12.0 Å². The third kappa shape index (κ3) is 4.97. The summed E-state index contributed by atoms with van der Waals surface area (Å²) in [5.74, 6) is -1.24. The fraction of sp³-hybridized carbons (Fsp3) is 0.867. The van der Waals surface area contributed by atoms with Crippen LogP contribution in [0.4, 0.5) is 0 Å². The summed E-state index contributed by atoms with van der Waals surface area (Å²) in [6, 6.07) is -0.139. The highest BCUT2D eigenvalue weighted by atomic mass is 16.4. The first kappa shape index (κ1) is 16.2.